The first-order valence-corrected chi connectivity index (χ1v) is 5.80. The van der Waals surface area contributed by atoms with Gasteiger partial charge in [-0.1, -0.05) is 32.6 Å². The van der Waals surface area contributed by atoms with Crippen LogP contribution < -0.4 is 5.48 Å². The fourth-order valence-corrected chi connectivity index (χ4v) is 0.945. The van der Waals surface area contributed by atoms with Crippen molar-refractivity contribution in [1.82, 2.24) is 5.48 Å². The Morgan fingerprint density at radius 3 is 2.12 bits per heavy atom. The molecule has 0 rings (SSSR count). The molecule has 0 aromatic rings. The van der Waals surface area contributed by atoms with Gasteiger partial charge in [-0.3, -0.25) is 10.0 Å². The Hall–Kier alpha value is -0.650. The average Bonchev–Trinajstić information content (AvgIpc) is 2.29. The Kier molecular flexibility index (Phi) is 15.9. The molecule has 0 aliphatic rings. The Bertz CT molecular complexity index is 151. The van der Waals surface area contributed by atoms with Crippen LogP contribution in [0.1, 0.15) is 52.4 Å². The van der Waals surface area contributed by atoms with Crippen LogP contribution in [-0.4, -0.2) is 34.0 Å². The maximum absolute atomic E-state index is 10.5. The second-order valence-corrected chi connectivity index (χ2v) is 3.73. The van der Waals surface area contributed by atoms with Gasteiger partial charge in [0.15, 0.2) is 0 Å². The number of carbonyl (C=O) groups is 1. The zero-order valence-corrected chi connectivity index (χ0v) is 10.3. The minimum absolute atomic E-state index is 0.139. The zero-order chi connectivity index (χ0) is 12.8. The molecule has 98 valence electrons. The first-order valence-electron chi connectivity index (χ1n) is 5.80. The fraction of sp³-hybridized carbons (Fsp3) is 0.909. The van der Waals surface area contributed by atoms with Gasteiger partial charge in [0.05, 0.1) is 12.7 Å². The van der Waals surface area contributed by atoms with Crippen LogP contribution in [0.5, 0.6) is 0 Å². The summed E-state index contributed by atoms with van der Waals surface area (Å²) in [4.78, 5) is 10.5. The number of carbonyl (C=O) groups excluding carboxylic acids is 1. The molecular weight excluding hydrogens is 210 g/mol. The van der Waals surface area contributed by atoms with Crippen LogP contribution in [0.3, 0.4) is 0 Å². The Labute approximate surface area is 97.4 Å². The van der Waals surface area contributed by atoms with E-state index in [0.29, 0.717) is 6.42 Å². The van der Waals surface area contributed by atoms with Crippen molar-refractivity contribution in [2.24, 2.45) is 0 Å². The van der Waals surface area contributed by atoms with Crippen LogP contribution in [-0.2, 0) is 4.79 Å². The van der Waals surface area contributed by atoms with Crippen molar-refractivity contribution in [2.75, 3.05) is 6.61 Å². The van der Waals surface area contributed by atoms with Crippen LogP contribution in [0.4, 0.5) is 0 Å². The number of aliphatic hydroxyl groups excluding tert-OH is 2. The van der Waals surface area contributed by atoms with E-state index in [0.717, 1.165) is 12.8 Å². The lowest BCUT2D eigenvalue weighted by Gasteiger charge is -1.98. The number of hydroxylamine groups is 1. The molecule has 1 amide bonds. The molecule has 0 aromatic heterocycles. The lowest BCUT2D eigenvalue weighted by molar-refractivity contribution is -0.129. The third kappa shape index (κ3) is 19.0. The highest BCUT2D eigenvalue weighted by atomic mass is 16.5. The monoisotopic (exact) mass is 235 g/mol. The molecule has 1 unspecified atom stereocenters. The Morgan fingerprint density at radius 2 is 1.75 bits per heavy atom. The van der Waals surface area contributed by atoms with Crippen molar-refractivity contribution < 1.29 is 20.2 Å². The smallest absolute Gasteiger partial charge is 0.243 e. The predicted octanol–water partition coefficient (Wildman–Crippen LogP) is 1.21. The second-order valence-electron chi connectivity index (χ2n) is 3.73. The molecule has 1 atom stereocenters. The van der Waals surface area contributed by atoms with E-state index in [1.54, 1.807) is 5.48 Å². The van der Waals surface area contributed by atoms with E-state index >= 15 is 0 Å². The summed E-state index contributed by atoms with van der Waals surface area (Å²) in [7, 11) is 0. The molecule has 0 saturated heterocycles. The number of unbranched alkanes of at least 4 members (excludes halogenated alkanes) is 4. The molecule has 5 heteroatoms. The quantitative estimate of drug-likeness (QED) is 0.303. The molecule has 16 heavy (non-hydrogen) atoms. The summed E-state index contributed by atoms with van der Waals surface area (Å²) in [5.41, 5.74) is 1.62. The van der Waals surface area contributed by atoms with Gasteiger partial charge in [0.1, 0.15) is 0 Å². The van der Waals surface area contributed by atoms with Crippen molar-refractivity contribution in [3.63, 3.8) is 0 Å². The van der Waals surface area contributed by atoms with E-state index < -0.39 is 6.10 Å². The molecule has 5 nitrogen and oxygen atoms in total. The van der Waals surface area contributed by atoms with E-state index in [9.17, 15) is 4.79 Å². The van der Waals surface area contributed by atoms with Crippen LogP contribution in [0, 0.1) is 0 Å². The van der Waals surface area contributed by atoms with Crippen molar-refractivity contribution >= 4 is 5.91 Å². The van der Waals surface area contributed by atoms with Gasteiger partial charge in [-0.15, -0.1) is 0 Å². The van der Waals surface area contributed by atoms with Gasteiger partial charge in [-0.2, -0.15) is 0 Å². The highest BCUT2D eigenvalue weighted by molar-refractivity contribution is 5.74. The minimum Gasteiger partial charge on any atom is -0.394 e. The molecule has 0 heterocycles. The van der Waals surface area contributed by atoms with Crippen molar-refractivity contribution in [2.45, 2.75) is 58.5 Å². The van der Waals surface area contributed by atoms with E-state index in [2.05, 4.69) is 6.92 Å². The molecule has 0 bridgehead atoms. The van der Waals surface area contributed by atoms with Gasteiger partial charge >= 0.3 is 0 Å². The first-order chi connectivity index (χ1) is 7.58. The van der Waals surface area contributed by atoms with Crippen molar-refractivity contribution in [1.29, 1.82) is 0 Å². The van der Waals surface area contributed by atoms with E-state index in [-0.39, 0.29) is 12.5 Å². The van der Waals surface area contributed by atoms with Crippen LogP contribution in [0.2, 0.25) is 0 Å². The lowest BCUT2D eigenvalue weighted by atomic mass is 10.1. The summed E-state index contributed by atoms with van der Waals surface area (Å²) >= 11 is 0. The predicted molar refractivity (Wildman–Crippen MR) is 62.1 cm³/mol. The molecule has 0 saturated carbocycles. The van der Waals surface area contributed by atoms with Gasteiger partial charge < -0.3 is 10.2 Å². The maximum atomic E-state index is 10.5. The SMILES string of the molecule is CC(O)CO.CCCCCCCC(=O)NO. The Balaban J connectivity index is 0. The molecule has 0 aliphatic heterocycles. The number of rotatable bonds is 7. The summed E-state index contributed by atoms with van der Waals surface area (Å²) in [6.07, 6.45) is 5.49. The third-order valence-electron chi connectivity index (χ3n) is 1.90. The lowest BCUT2D eigenvalue weighted by Crippen LogP contribution is -2.17. The molecule has 0 fully saturated rings. The normalized spacial score (nSPS) is 11.3. The van der Waals surface area contributed by atoms with E-state index in [4.69, 9.17) is 15.4 Å². The van der Waals surface area contributed by atoms with Gasteiger partial charge in [0.2, 0.25) is 5.91 Å². The number of hydrogen-bond acceptors (Lipinski definition) is 4. The zero-order valence-electron chi connectivity index (χ0n) is 10.3. The van der Waals surface area contributed by atoms with Gasteiger partial charge in [-0.05, 0) is 13.3 Å². The first kappa shape index (κ1) is 17.7. The summed E-state index contributed by atoms with van der Waals surface area (Å²) < 4.78 is 0. The maximum Gasteiger partial charge on any atom is 0.243 e. The number of hydrogen-bond donors (Lipinski definition) is 4. The van der Waals surface area contributed by atoms with Crippen LogP contribution in [0.15, 0.2) is 0 Å². The van der Waals surface area contributed by atoms with E-state index in [1.807, 2.05) is 0 Å². The topological polar surface area (TPSA) is 89.8 Å². The molecule has 4 N–H and O–H groups in total. The van der Waals surface area contributed by atoms with Gasteiger partial charge in [0, 0.05) is 6.42 Å². The molecule has 0 radical (unpaired) electrons. The minimum atomic E-state index is -0.560. The summed E-state index contributed by atoms with van der Waals surface area (Å²) in [5, 5.41) is 24.1. The van der Waals surface area contributed by atoms with Crippen LogP contribution >= 0.6 is 0 Å². The Morgan fingerprint density at radius 1 is 1.25 bits per heavy atom. The average molecular weight is 235 g/mol. The van der Waals surface area contributed by atoms with Crippen molar-refractivity contribution in [3.05, 3.63) is 0 Å². The van der Waals surface area contributed by atoms with Gasteiger partial charge in [0.25, 0.3) is 0 Å². The standard InChI is InChI=1S/C8H17NO2.C3H8O2/c1-2-3-4-5-6-7-8(10)9-11;1-3(5)2-4/h11H,2-7H2,1H3,(H,9,10);3-5H,2H2,1H3. The largest absolute Gasteiger partial charge is 0.394 e. The number of aliphatic hydroxyl groups is 2. The summed E-state index contributed by atoms with van der Waals surface area (Å²) in [6, 6.07) is 0. The van der Waals surface area contributed by atoms with Gasteiger partial charge in [-0.25, -0.2) is 5.48 Å². The molecule has 0 aromatic carbocycles. The second kappa shape index (κ2) is 14.3. The molecular formula is C11H25NO4. The van der Waals surface area contributed by atoms with Crippen molar-refractivity contribution in [3.8, 4) is 0 Å². The van der Waals surface area contributed by atoms with E-state index in [1.165, 1.54) is 26.2 Å². The highest BCUT2D eigenvalue weighted by Gasteiger charge is 1.96. The third-order valence-corrected chi connectivity index (χ3v) is 1.90. The molecule has 0 spiro atoms. The fourth-order valence-electron chi connectivity index (χ4n) is 0.945. The molecule has 0 aliphatic carbocycles. The summed E-state index contributed by atoms with van der Waals surface area (Å²) in [5.74, 6) is -0.276. The van der Waals surface area contributed by atoms with Crippen LogP contribution in [0.25, 0.3) is 0 Å². The number of amides is 1. The summed E-state index contributed by atoms with van der Waals surface area (Å²) in [6.45, 7) is 3.54. The highest BCUT2D eigenvalue weighted by Crippen LogP contribution is 2.04. The number of nitrogens with one attached hydrogen (secondary N) is 1.